The Morgan fingerprint density at radius 2 is 2.71 bits per heavy atom. The van der Waals surface area contributed by atoms with Gasteiger partial charge in [0.1, 0.15) is 0 Å². The first-order valence-corrected chi connectivity index (χ1v) is 1.80. The predicted octanol–water partition coefficient (Wildman–Crippen LogP) is -0.693. The van der Waals surface area contributed by atoms with Crippen LogP contribution in [0.3, 0.4) is 0 Å². The largest absolute Gasteiger partial charge is 0.368 e. The Kier molecular flexibility index (Phi) is 0.856. The average molecular weight is 99.1 g/mol. The summed E-state index contributed by atoms with van der Waals surface area (Å²) in [5.74, 6) is 0.329. The second kappa shape index (κ2) is 1.51. The third-order valence-corrected chi connectivity index (χ3v) is 0.530. The lowest BCUT2D eigenvalue weighted by atomic mass is 10.6. The molecule has 0 fully saturated rings. The minimum Gasteiger partial charge on any atom is -0.368 e. The molecule has 0 radical (unpaired) electrons. The van der Waals surface area contributed by atoms with Crippen molar-refractivity contribution in [2.24, 2.45) is 10.8 Å². The van der Waals surface area contributed by atoms with Gasteiger partial charge in [0.05, 0.1) is 6.21 Å². The van der Waals surface area contributed by atoms with Crippen molar-refractivity contribution >= 4 is 6.21 Å². The Balaban J connectivity index is 2.57. The number of hydrazone groups is 1. The minimum absolute atomic E-state index is 0.329. The first-order chi connectivity index (χ1) is 3.39. The van der Waals surface area contributed by atoms with Gasteiger partial charge in [-0.05, 0) is 0 Å². The molecular formula is C3H5N3O. The van der Waals surface area contributed by atoms with E-state index < -0.39 is 0 Å². The first kappa shape index (κ1) is 3.98. The zero-order chi connectivity index (χ0) is 5.11. The highest BCUT2D eigenvalue weighted by atomic mass is 16.7. The fourth-order valence-electron chi connectivity index (χ4n) is 0.254. The van der Waals surface area contributed by atoms with Crippen molar-refractivity contribution in [1.82, 2.24) is 5.59 Å². The van der Waals surface area contributed by atoms with E-state index in [9.17, 15) is 0 Å². The normalized spacial score (nSPS) is 16.9. The molecule has 4 heteroatoms. The summed E-state index contributed by atoms with van der Waals surface area (Å²) in [5, 5.41) is 3.47. The van der Waals surface area contributed by atoms with E-state index >= 15 is 0 Å². The van der Waals surface area contributed by atoms with Crippen LogP contribution in [0.15, 0.2) is 17.1 Å². The van der Waals surface area contributed by atoms with Crippen LogP contribution in [-0.4, -0.2) is 6.21 Å². The van der Waals surface area contributed by atoms with Crippen LogP contribution < -0.4 is 11.3 Å². The lowest BCUT2D eigenvalue weighted by Gasteiger charge is -2.03. The van der Waals surface area contributed by atoms with Crippen LogP contribution in [0, 0.1) is 0 Å². The van der Waals surface area contributed by atoms with Crippen LogP contribution in [0.4, 0.5) is 0 Å². The molecular weight excluding hydrogens is 94.1 g/mol. The monoisotopic (exact) mass is 99.0 g/mol. The summed E-state index contributed by atoms with van der Waals surface area (Å²) < 4.78 is 0. The number of nitrogens with one attached hydrogen (secondary N) is 1. The maximum absolute atomic E-state index is 5.12. The van der Waals surface area contributed by atoms with Crippen LogP contribution >= 0.6 is 0 Å². The molecule has 0 spiro atoms. The van der Waals surface area contributed by atoms with Gasteiger partial charge in [-0.25, -0.2) is 0 Å². The molecule has 1 rings (SSSR count). The molecule has 0 aromatic heterocycles. The molecule has 7 heavy (non-hydrogen) atoms. The van der Waals surface area contributed by atoms with Crippen molar-refractivity contribution in [3.63, 3.8) is 0 Å². The maximum atomic E-state index is 5.12. The van der Waals surface area contributed by atoms with Gasteiger partial charge in [-0.2, -0.15) is 5.10 Å². The molecule has 3 N–H and O–H groups in total. The van der Waals surface area contributed by atoms with E-state index in [-0.39, 0.29) is 0 Å². The fraction of sp³-hybridized carbons (Fsp3) is 0. The van der Waals surface area contributed by atoms with Gasteiger partial charge in [0.15, 0.2) is 0 Å². The Morgan fingerprint density at radius 3 is 3.00 bits per heavy atom. The summed E-state index contributed by atoms with van der Waals surface area (Å²) in [6.07, 6.45) is 3.06. The maximum Gasteiger partial charge on any atom is 0.221 e. The Morgan fingerprint density at radius 1 is 1.86 bits per heavy atom. The smallest absolute Gasteiger partial charge is 0.221 e. The summed E-state index contributed by atoms with van der Waals surface area (Å²) in [7, 11) is 0. The highest BCUT2D eigenvalue weighted by molar-refractivity contribution is 5.71. The van der Waals surface area contributed by atoms with E-state index in [1.165, 1.54) is 6.21 Å². The molecule has 0 aliphatic carbocycles. The zero-order valence-electron chi connectivity index (χ0n) is 3.59. The molecule has 1 aliphatic heterocycles. The van der Waals surface area contributed by atoms with Crippen LogP contribution in [0.1, 0.15) is 0 Å². The summed E-state index contributed by atoms with van der Waals surface area (Å²) >= 11 is 0. The van der Waals surface area contributed by atoms with Gasteiger partial charge in [0, 0.05) is 6.08 Å². The van der Waals surface area contributed by atoms with Gasteiger partial charge in [-0.15, -0.1) is 5.59 Å². The summed E-state index contributed by atoms with van der Waals surface area (Å²) in [4.78, 5) is 4.47. The van der Waals surface area contributed by atoms with E-state index in [0.717, 1.165) is 0 Å². The number of hydrogen-bond donors (Lipinski definition) is 2. The first-order valence-electron chi connectivity index (χ1n) is 1.80. The molecule has 0 aromatic carbocycles. The average Bonchev–Trinajstić information content (AvgIpc) is 1.69. The third-order valence-electron chi connectivity index (χ3n) is 0.530. The van der Waals surface area contributed by atoms with Gasteiger partial charge in [-0.1, -0.05) is 0 Å². The molecule has 4 nitrogen and oxygen atoms in total. The molecule has 1 heterocycles. The van der Waals surface area contributed by atoms with Gasteiger partial charge >= 0.3 is 0 Å². The van der Waals surface area contributed by atoms with Crippen molar-refractivity contribution in [3.05, 3.63) is 12.0 Å². The van der Waals surface area contributed by atoms with Crippen molar-refractivity contribution in [2.75, 3.05) is 0 Å². The van der Waals surface area contributed by atoms with E-state index in [0.29, 0.717) is 5.88 Å². The third kappa shape index (κ3) is 0.819. The molecule has 0 amide bonds. The standard InChI is InChI=1S/C3H5N3O/c4-3-1-2-5-6-7-3/h1-2,6H,4H2. The van der Waals surface area contributed by atoms with Crippen LogP contribution in [0.2, 0.25) is 0 Å². The highest BCUT2D eigenvalue weighted by Crippen LogP contribution is 1.84. The van der Waals surface area contributed by atoms with E-state index in [4.69, 9.17) is 5.73 Å². The second-order valence-electron chi connectivity index (χ2n) is 1.04. The minimum atomic E-state index is 0.329. The number of nitrogens with zero attached hydrogens (tertiary/aromatic N) is 1. The predicted molar refractivity (Wildman–Crippen MR) is 25.0 cm³/mol. The fourth-order valence-corrected chi connectivity index (χ4v) is 0.254. The summed E-state index contributed by atoms with van der Waals surface area (Å²) in [6, 6.07) is 0. The van der Waals surface area contributed by atoms with Crippen molar-refractivity contribution in [3.8, 4) is 0 Å². The van der Waals surface area contributed by atoms with E-state index in [1.54, 1.807) is 6.08 Å². The van der Waals surface area contributed by atoms with E-state index in [1.807, 2.05) is 0 Å². The molecule has 0 bridgehead atoms. The molecule has 38 valence electrons. The molecule has 0 unspecified atom stereocenters. The second-order valence-corrected chi connectivity index (χ2v) is 1.04. The molecule has 0 saturated heterocycles. The van der Waals surface area contributed by atoms with Crippen LogP contribution in [-0.2, 0) is 4.84 Å². The topological polar surface area (TPSA) is 59.6 Å². The van der Waals surface area contributed by atoms with Crippen LogP contribution in [0.5, 0.6) is 0 Å². The lowest BCUT2D eigenvalue weighted by Crippen LogP contribution is -2.15. The van der Waals surface area contributed by atoms with Crippen molar-refractivity contribution in [1.29, 1.82) is 0 Å². The van der Waals surface area contributed by atoms with Gasteiger partial charge in [0.2, 0.25) is 5.88 Å². The van der Waals surface area contributed by atoms with Crippen LogP contribution in [0.25, 0.3) is 0 Å². The van der Waals surface area contributed by atoms with Crippen molar-refractivity contribution in [2.45, 2.75) is 0 Å². The van der Waals surface area contributed by atoms with Gasteiger partial charge < -0.3 is 10.6 Å². The number of rotatable bonds is 0. The number of allylic oxidation sites excluding steroid dienone is 1. The van der Waals surface area contributed by atoms with Crippen molar-refractivity contribution < 1.29 is 4.84 Å². The van der Waals surface area contributed by atoms with E-state index in [2.05, 4.69) is 15.5 Å². The number of nitrogens with two attached hydrogens (primary N) is 1. The number of hydrogen-bond acceptors (Lipinski definition) is 4. The molecule has 0 saturated carbocycles. The SMILES string of the molecule is NC1=CC=NNO1. The molecule has 0 aromatic rings. The quantitative estimate of drug-likeness (QED) is 0.422. The Bertz CT molecular complexity index is 117. The molecule has 1 aliphatic rings. The Hall–Kier alpha value is -1.19. The Labute approximate surface area is 40.6 Å². The lowest BCUT2D eigenvalue weighted by molar-refractivity contribution is 0.103. The van der Waals surface area contributed by atoms with Gasteiger partial charge in [-0.3, -0.25) is 0 Å². The van der Waals surface area contributed by atoms with Gasteiger partial charge in [0.25, 0.3) is 0 Å². The zero-order valence-corrected chi connectivity index (χ0v) is 3.59. The summed E-state index contributed by atoms with van der Waals surface area (Å²) in [5.41, 5.74) is 7.33. The highest BCUT2D eigenvalue weighted by Gasteiger charge is 1.88. The molecule has 0 atom stereocenters. The summed E-state index contributed by atoms with van der Waals surface area (Å²) in [6.45, 7) is 0.